The highest BCUT2D eigenvalue weighted by Crippen LogP contribution is 2.49. The first-order chi connectivity index (χ1) is 15.5. The van der Waals surface area contributed by atoms with Gasteiger partial charge in [0, 0.05) is 28.3 Å². The van der Waals surface area contributed by atoms with Gasteiger partial charge in [-0.3, -0.25) is 14.6 Å². The lowest BCUT2D eigenvalue weighted by Gasteiger charge is -2.30. The number of allylic oxidation sites excluding steroid dienone is 1. The maximum Gasteiger partial charge on any atom is 0.315 e. The Bertz CT molecular complexity index is 1200. The van der Waals surface area contributed by atoms with Gasteiger partial charge in [-0.1, -0.05) is 36.3 Å². The Kier molecular flexibility index (Phi) is 5.83. The minimum atomic E-state index is -0.732. The van der Waals surface area contributed by atoms with Crippen LogP contribution in [0, 0.1) is 18.3 Å². The summed E-state index contributed by atoms with van der Waals surface area (Å²) in [5.74, 6) is 1.55. The Morgan fingerprint density at radius 3 is 2.56 bits per heavy atom. The largest absolute Gasteiger partial charge is 0.490 e. The second kappa shape index (κ2) is 8.72. The zero-order valence-electron chi connectivity index (χ0n) is 18.2. The number of carbonyl (C=O) groups excluding carboxylic acids is 2. The van der Waals surface area contributed by atoms with Crippen LogP contribution in [0.5, 0.6) is 11.5 Å². The minimum absolute atomic E-state index is 0.0997. The number of ether oxygens (including phenoxy) is 3. The number of methoxy groups -OCH3 is 1. The predicted octanol–water partition coefficient (Wildman–Crippen LogP) is 4.05. The van der Waals surface area contributed by atoms with Crippen LogP contribution in [0.4, 0.5) is 0 Å². The highest BCUT2D eigenvalue weighted by molar-refractivity contribution is 6.24. The Morgan fingerprint density at radius 1 is 1.12 bits per heavy atom. The minimum Gasteiger partial charge on any atom is -0.490 e. The number of nitrogens with zero attached hydrogens (tertiary/aromatic N) is 1. The number of esters is 1. The van der Waals surface area contributed by atoms with E-state index in [1.807, 2.05) is 31.2 Å². The monoisotopic (exact) mass is 429 g/mol. The van der Waals surface area contributed by atoms with Crippen molar-refractivity contribution in [3.8, 4) is 23.8 Å². The molecule has 6 nitrogen and oxygen atoms in total. The second-order valence-corrected chi connectivity index (χ2v) is 7.50. The fraction of sp³-hybridized carbons (Fsp3) is 0.269. The third-order valence-corrected chi connectivity index (χ3v) is 5.70. The van der Waals surface area contributed by atoms with Gasteiger partial charge >= 0.3 is 5.97 Å². The standard InChI is InChI=1S/C26H23NO5/c1-5-13-32-19-12-11-16(14-20(19)31-6-2)22-21(26(29)30-4)15(3)27-24-17-9-7-8-10-18(17)25(28)23(22)24/h1,7-12,14,21-22H,6,13H2,2-4H3. The zero-order chi connectivity index (χ0) is 22.8. The third kappa shape index (κ3) is 3.46. The van der Waals surface area contributed by atoms with Gasteiger partial charge in [-0.2, -0.15) is 0 Å². The van der Waals surface area contributed by atoms with E-state index >= 15 is 0 Å². The summed E-state index contributed by atoms with van der Waals surface area (Å²) < 4.78 is 16.5. The predicted molar refractivity (Wildman–Crippen MR) is 121 cm³/mol. The van der Waals surface area contributed by atoms with E-state index in [4.69, 9.17) is 20.6 Å². The number of aliphatic imine (C=N–C) groups is 1. The van der Waals surface area contributed by atoms with Crippen LogP contribution in [0.25, 0.3) is 5.70 Å². The number of rotatable bonds is 6. The molecule has 0 spiro atoms. The molecule has 1 aliphatic heterocycles. The van der Waals surface area contributed by atoms with Crippen molar-refractivity contribution in [2.45, 2.75) is 19.8 Å². The molecule has 32 heavy (non-hydrogen) atoms. The van der Waals surface area contributed by atoms with Crippen molar-refractivity contribution in [1.82, 2.24) is 0 Å². The van der Waals surface area contributed by atoms with E-state index in [9.17, 15) is 9.59 Å². The van der Waals surface area contributed by atoms with Crippen molar-refractivity contribution in [2.24, 2.45) is 10.9 Å². The molecule has 2 aromatic carbocycles. The number of ketones is 1. The molecule has 1 aliphatic carbocycles. The molecule has 0 fully saturated rings. The first-order valence-electron chi connectivity index (χ1n) is 10.4. The number of benzene rings is 2. The molecule has 0 aromatic heterocycles. The molecule has 4 rings (SSSR count). The molecule has 0 N–H and O–H groups in total. The summed E-state index contributed by atoms with van der Waals surface area (Å²) in [7, 11) is 1.34. The number of fused-ring (bicyclic) bond motifs is 2. The van der Waals surface area contributed by atoms with E-state index in [-0.39, 0.29) is 12.4 Å². The highest BCUT2D eigenvalue weighted by atomic mass is 16.5. The first-order valence-corrected chi connectivity index (χ1v) is 10.4. The van der Waals surface area contributed by atoms with Crippen LogP contribution in [0.3, 0.4) is 0 Å². The van der Waals surface area contributed by atoms with Gasteiger partial charge in [0.05, 0.1) is 19.4 Å². The topological polar surface area (TPSA) is 74.2 Å². The maximum absolute atomic E-state index is 13.4. The first kappa shape index (κ1) is 21.4. The van der Waals surface area contributed by atoms with Gasteiger partial charge in [-0.05, 0) is 31.5 Å². The molecule has 2 aliphatic rings. The van der Waals surface area contributed by atoms with Gasteiger partial charge in [-0.25, -0.2) is 0 Å². The molecule has 0 radical (unpaired) electrons. The Hall–Kier alpha value is -3.85. The summed E-state index contributed by atoms with van der Waals surface area (Å²) in [6, 6.07) is 12.7. The van der Waals surface area contributed by atoms with Gasteiger partial charge in [0.1, 0.15) is 12.5 Å². The van der Waals surface area contributed by atoms with Gasteiger partial charge in [0.25, 0.3) is 0 Å². The summed E-state index contributed by atoms with van der Waals surface area (Å²) in [5, 5.41) is 0. The van der Waals surface area contributed by atoms with Crippen LogP contribution >= 0.6 is 0 Å². The molecule has 0 saturated carbocycles. The quantitative estimate of drug-likeness (QED) is 0.512. The van der Waals surface area contributed by atoms with Crippen molar-refractivity contribution in [2.75, 3.05) is 20.3 Å². The number of terminal acetylenes is 1. The number of carbonyl (C=O) groups is 2. The highest BCUT2D eigenvalue weighted by Gasteiger charge is 2.46. The van der Waals surface area contributed by atoms with Crippen LogP contribution in [-0.2, 0) is 9.53 Å². The molecule has 0 saturated heterocycles. The lowest BCUT2D eigenvalue weighted by atomic mass is 9.75. The van der Waals surface area contributed by atoms with E-state index < -0.39 is 17.8 Å². The molecule has 2 atom stereocenters. The van der Waals surface area contributed by atoms with Crippen molar-refractivity contribution in [3.05, 3.63) is 64.7 Å². The van der Waals surface area contributed by atoms with E-state index in [0.29, 0.717) is 40.7 Å². The lowest BCUT2D eigenvalue weighted by Crippen LogP contribution is -2.34. The average Bonchev–Trinajstić information content (AvgIpc) is 3.09. The van der Waals surface area contributed by atoms with Crippen LogP contribution in [0.2, 0.25) is 0 Å². The third-order valence-electron chi connectivity index (χ3n) is 5.70. The number of Topliss-reactive ketones (excluding diaryl/α,β-unsaturated/α-hetero) is 1. The zero-order valence-corrected chi connectivity index (χ0v) is 18.2. The molecule has 1 heterocycles. The maximum atomic E-state index is 13.4. The van der Waals surface area contributed by atoms with Crippen molar-refractivity contribution >= 4 is 23.2 Å². The molecular weight excluding hydrogens is 406 g/mol. The molecule has 6 heteroatoms. The molecular formula is C26H23NO5. The molecule has 2 aromatic rings. The molecule has 2 unspecified atom stereocenters. The smallest absolute Gasteiger partial charge is 0.315 e. The van der Waals surface area contributed by atoms with Crippen molar-refractivity contribution < 1.29 is 23.8 Å². The number of hydrogen-bond donors (Lipinski definition) is 0. The van der Waals surface area contributed by atoms with Crippen LogP contribution in [0.15, 0.2) is 53.0 Å². The summed E-state index contributed by atoms with van der Waals surface area (Å²) in [6.45, 7) is 4.17. The average molecular weight is 429 g/mol. The summed E-state index contributed by atoms with van der Waals surface area (Å²) in [6.07, 6.45) is 5.32. The van der Waals surface area contributed by atoms with E-state index in [1.54, 1.807) is 25.1 Å². The van der Waals surface area contributed by atoms with Crippen LogP contribution in [0.1, 0.15) is 41.3 Å². The molecule has 162 valence electrons. The fourth-order valence-corrected chi connectivity index (χ4v) is 4.37. The van der Waals surface area contributed by atoms with Gasteiger partial charge in [0.15, 0.2) is 17.3 Å². The molecule has 0 bridgehead atoms. The van der Waals surface area contributed by atoms with Crippen molar-refractivity contribution in [1.29, 1.82) is 0 Å². The summed E-state index contributed by atoms with van der Waals surface area (Å²) in [4.78, 5) is 30.9. The van der Waals surface area contributed by atoms with E-state index in [1.165, 1.54) is 7.11 Å². The Balaban J connectivity index is 1.89. The second-order valence-electron chi connectivity index (χ2n) is 7.50. The lowest BCUT2D eigenvalue weighted by molar-refractivity contribution is -0.143. The van der Waals surface area contributed by atoms with E-state index in [2.05, 4.69) is 10.9 Å². The summed E-state index contributed by atoms with van der Waals surface area (Å²) >= 11 is 0. The Labute approximate surface area is 186 Å². The van der Waals surface area contributed by atoms with Crippen molar-refractivity contribution in [3.63, 3.8) is 0 Å². The van der Waals surface area contributed by atoms with Gasteiger partial charge < -0.3 is 14.2 Å². The van der Waals surface area contributed by atoms with Crippen LogP contribution in [-0.4, -0.2) is 37.8 Å². The normalized spacial score (nSPS) is 18.9. The molecule has 0 amide bonds. The fourth-order valence-electron chi connectivity index (χ4n) is 4.37. The van der Waals surface area contributed by atoms with Gasteiger partial charge in [0.2, 0.25) is 0 Å². The van der Waals surface area contributed by atoms with Gasteiger partial charge in [-0.15, -0.1) is 6.42 Å². The number of hydrogen-bond acceptors (Lipinski definition) is 6. The Morgan fingerprint density at radius 2 is 1.88 bits per heavy atom. The SMILES string of the molecule is C#CCOc1ccc(C2C3=C(N=C(C)C2C(=O)OC)c2ccccc2C3=O)cc1OCC. The summed E-state index contributed by atoms with van der Waals surface area (Å²) in [5.41, 5.74) is 3.80. The van der Waals surface area contributed by atoms with Crippen LogP contribution < -0.4 is 9.47 Å². The van der Waals surface area contributed by atoms with E-state index in [0.717, 1.165) is 11.1 Å².